The number of nitrogens with one attached hydrogen (secondary N) is 1. The molecular weight excluding hydrogens is 260 g/mol. The van der Waals surface area contributed by atoms with Crippen LogP contribution in [0.1, 0.15) is 17.5 Å². The van der Waals surface area contributed by atoms with Gasteiger partial charge in [0.2, 0.25) is 0 Å². The third-order valence-corrected chi connectivity index (χ3v) is 3.07. The van der Waals surface area contributed by atoms with Gasteiger partial charge < -0.3 is 10.4 Å². The maximum Gasteiger partial charge on any atom is 0.163 e. The highest BCUT2D eigenvalue weighted by molar-refractivity contribution is 5.46. The highest BCUT2D eigenvalue weighted by Crippen LogP contribution is 2.16. The monoisotopic (exact) mass is 277 g/mol. The number of aliphatic hydroxyl groups is 1. The summed E-state index contributed by atoms with van der Waals surface area (Å²) < 4.78 is 26.6. The first-order chi connectivity index (χ1) is 9.70. The van der Waals surface area contributed by atoms with Crippen LogP contribution in [0.3, 0.4) is 0 Å². The van der Waals surface area contributed by atoms with Gasteiger partial charge in [0.15, 0.2) is 11.6 Å². The molecule has 4 heteroatoms. The van der Waals surface area contributed by atoms with Gasteiger partial charge in [0.25, 0.3) is 0 Å². The molecule has 106 valence electrons. The second-order valence-corrected chi connectivity index (χ2v) is 4.59. The maximum absolute atomic E-state index is 13.5. The van der Waals surface area contributed by atoms with E-state index in [1.54, 1.807) is 6.07 Å². The lowest BCUT2D eigenvalue weighted by Gasteiger charge is -2.09. The van der Waals surface area contributed by atoms with Gasteiger partial charge in [0, 0.05) is 24.4 Å². The zero-order valence-corrected chi connectivity index (χ0v) is 11.1. The van der Waals surface area contributed by atoms with E-state index in [-0.39, 0.29) is 13.2 Å². The zero-order valence-electron chi connectivity index (χ0n) is 11.1. The molecule has 0 fully saturated rings. The topological polar surface area (TPSA) is 32.3 Å². The molecule has 0 saturated carbocycles. The molecule has 0 spiro atoms. The molecule has 0 atom stereocenters. The first-order valence-corrected chi connectivity index (χ1v) is 6.57. The lowest BCUT2D eigenvalue weighted by Crippen LogP contribution is -2.03. The Labute approximate surface area is 117 Å². The molecule has 2 aromatic rings. The van der Waals surface area contributed by atoms with Crippen LogP contribution >= 0.6 is 0 Å². The van der Waals surface area contributed by atoms with Gasteiger partial charge in [0.05, 0.1) is 0 Å². The van der Waals surface area contributed by atoms with Gasteiger partial charge in [-0.05, 0) is 36.6 Å². The van der Waals surface area contributed by atoms with E-state index in [2.05, 4.69) is 5.32 Å². The van der Waals surface area contributed by atoms with Crippen molar-refractivity contribution in [1.29, 1.82) is 0 Å². The summed E-state index contributed by atoms with van der Waals surface area (Å²) in [5.41, 5.74) is 2.25. The van der Waals surface area contributed by atoms with E-state index in [4.69, 9.17) is 5.11 Å². The molecule has 2 N–H and O–H groups in total. The quantitative estimate of drug-likeness (QED) is 0.847. The Balaban J connectivity index is 2.01. The van der Waals surface area contributed by atoms with E-state index < -0.39 is 11.6 Å². The van der Waals surface area contributed by atoms with Crippen molar-refractivity contribution in [3.05, 3.63) is 65.2 Å². The Morgan fingerprint density at radius 2 is 1.85 bits per heavy atom. The Morgan fingerprint density at radius 1 is 1.05 bits per heavy atom. The molecule has 0 aliphatic carbocycles. The van der Waals surface area contributed by atoms with Gasteiger partial charge in [-0.15, -0.1) is 0 Å². The number of anilines is 1. The van der Waals surface area contributed by atoms with Crippen molar-refractivity contribution in [3.63, 3.8) is 0 Å². The fourth-order valence-electron chi connectivity index (χ4n) is 2.00. The van der Waals surface area contributed by atoms with Gasteiger partial charge in [-0.3, -0.25) is 0 Å². The minimum absolute atomic E-state index is 0.159. The molecule has 2 aromatic carbocycles. The smallest absolute Gasteiger partial charge is 0.163 e. The van der Waals surface area contributed by atoms with Crippen molar-refractivity contribution >= 4 is 5.69 Å². The Hall–Kier alpha value is -1.94. The summed E-state index contributed by atoms with van der Waals surface area (Å²) >= 11 is 0. The highest BCUT2D eigenvalue weighted by atomic mass is 19.2. The van der Waals surface area contributed by atoms with Gasteiger partial charge in [-0.2, -0.15) is 0 Å². The van der Waals surface area contributed by atoms with Crippen molar-refractivity contribution in [3.8, 4) is 0 Å². The Morgan fingerprint density at radius 3 is 2.65 bits per heavy atom. The number of benzene rings is 2. The molecule has 0 aliphatic heterocycles. The van der Waals surface area contributed by atoms with Gasteiger partial charge in [-0.25, -0.2) is 8.78 Å². The predicted octanol–water partition coefficient (Wildman–Crippen LogP) is 3.50. The number of aryl methyl sites for hydroxylation is 1. The molecule has 0 unspecified atom stereocenters. The van der Waals surface area contributed by atoms with Crippen LogP contribution in [0.2, 0.25) is 0 Å². The lowest BCUT2D eigenvalue weighted by molar-refractivity contribution is 0.288. The van der Waals surface area contributed by atoms with Crippen LogP contribution in [-0.2, 0) is 13.0 Å². The van der Waals surface area contributed by atoms with E-state index in [1.165, 1.54) is 6.07 Å². The van der Waals surface area contributed by atoms with Crippen LogP contribution < -0.4 is 5.32 Å². The number of rotatable bonds is 6. The largest absolute Gasteiger partial charge is 0.396 e. The van der Waals surface area contributed by atoms with Crippen molar-refractivity contribution in [1.82, 2.24) is 0 Å². The van der Waals surface area contributed by atoms with Crippen LogP contribution in [-0.4, -0.2) is 11.7 Å². The van der Waals surface area contributed by atoms with Crippen LogP contribution in [0.4, 0.5) is 14.5 Å². The standard InChI is InChI=1S/C16H17F2NO/c17-15-8-2-6-13(16(15)18)11-19-14-7-1-4-12(10-14)5-3-9-20/h1-2,4,6-8,10,19-20H,3,5,9,11H2. The molecule has 0 aromatic heterocycles. The molecule has 0 amide bonds. The molecule has 0 heterocycles. The predicted molar refractivity (Wildman–Crippen MR) is 75.5 cm³/mol. The van der Waals surface area contributed by atoms with Crippen molar-refractivity contribution in [2.24, 2.45) is 0 Å². The normalized spacial score (nSPS) is 10.6. The molecule has 20 heavy (non-hydrogen) atoms. The fraction of sp³-hybridized carbons (Fsp3) is 0.250. The molecule has 0 aliphatic rings. The Bertz CT molecular complexity index is 572. The summed E-state index contributed by atoms with van der Waals surface area (Å²) in [6.45, 7) is 0.388. The highest BCUT2D eigenvalue weighted by Gasteiger charge is 2.07. The van der Waals surface area contributed by atoms with E-state index >= 15 is 0 Å². The molecule has 2 rings (SSSR count). The van der Waals surface area contributed by atoms with Crippen LogP contribution in [0, 0.1) is 11.6 Å². The molecule has 0 radical (unpaired) electrons. The summed E-state index contributed by atoms with van der Waals surface area (Å²) in [5, 5.41) is 11.9. The summed E-state index contributed by atoms with van der Waals surface area (Å²) in [4.78, 5) is 0. The molecule has 2 nitrogen and oxygen atoms in total. The van der Waals surface area contributed by atoms with Crippen molar-refractivity contribution < 1.29 is 13.9 Å². The van der Waals surface area contributed by atoms with Crippen molar-refractivity contribution in [2.75, 3.05) is 11.9 Å². The number of hydrogen-bond acceptors (Lipinski definition) is 2. The lowest BCUT2D eigenvalue weighted by atomic mass is 10.1. The maximum atomic E-state index is 13.5. The van der Waals surface area contributed by atoms with E-state index in [9.17, 15) is 8.78 Å². The van der Waals surface area contributed by atoms with E-state index in [1.807, 2.05) is 24.3 Å². The van der Waals surface area contributed by atoms with Gasteiger partial charge >= 0.3 is 0 Å². The molecule has 0 bridgehead atoms. The first kappa shape index (κ1) is 14.5. The number of hydrogen-bond donors (Lipinski definition) is 2. The summed E-state index contributed by atoms with van der Waals surface area (Å²) in [7, 11) is 0. The summed E-state index contributed by atoms with van der Waals surface area (Å²) in [6, 6.07) is 11.9. The Kier molecular flexibility index (Phi) is 5.07. The molecular formula is C16H17F2NO. The third kappa shape index (κ3) is 3.78. The van der Waals surface area contributed by atoms with Crippen LogP contribution in [0.5, 0.6) is 0 Å². The molecule has 0 saturated heterocycles. The minimum atomic E-state index is -0.832. The zero-order chi connectivity index (χ0) is 14.4. The average molecular weight is 277 g/mol. The number of halogens is 2. The first-order valence-electron chi connectivity index (χ1n) is 6.57. The summed E-state index contributed by atoms with van der Waals surface area (Å²) in [5.74, 6) is -1.64. The second kappa shape index (κ2) is 7.01. The van der Waals surface area contributed by atoms with Crippen molar-refractivity contribution in [2.45, 2.75) is 19.4 Å². The average Bonchev–Trinajstić information content (AvgIpc) is 2.47. The van der Waals surface area contributed by atoms with E-state index in [0.29, 0.717) is 12.0 Å². The second-order valence-electron chi connectivity index (χ2n) is 4.59. The summed E-state index contributed by atoms with van der Waals surface area (Å²) in [6.07, 6.45) is 1.50. The van der Waals surface area contributed by atoms with Gasteiger partial charge in [-0.1, -0.05) is 24.3 Å². The minimum Gasteiger partial charge on any atom is -0.396 e. The SMILES string of the molecule is OCCCc1cccc(NCc2cccc(F)c2F)c1. The third-order valence-electron chi connectivity index (χ3n) is 3.07. The fourth-order valence-corrected chi connectivity index (χ4v) is 2.00. The van der Waals surface area contributed by atoms with Gasteiger partial charge in [0.1, 0.15) is 0 Å². The van der Waals surface area contributed by atoms with E-state index in [0.717, 1.165) is 23.7 Å². The van der Waals surface area contributed by atoms with Crippen LogP contribution in [0.15, 0.2) is 42.5 Å². The number of aliphatic hydroxyl groups excluding tert-OH is 1. The van der Waals surface area contributed by atoms with Crippen LogP contribution in [0.25, 0.3) is 0 Å².